The maximum atomic E-state index is 12.2. The molecule has 0 spiro atoms. The van der Waals surface area contributed by atoms with Gasteiger partial charge in [-0.3, -0.25) is 4.79 Å². The zero-order valence-corrected chi connectivity index (χ0v) is 12.4. The van der Waals surface area contributed by atoms with Crippen LogP contribution >= 0.6 is 11.8 Å². The average Bonchev–Trinajstić information content (AvgIpc) is 2.39. The highest BCUT2D eigenvalue weighted by molar-refractivity contribution is 7.99. The molecule has 0 saturated heterocycles. The number of benzene rings is 1. The number of amides is 1. The summed E-state index contributed by atoms with van der Waals surface area (Å²) in [6.07, 6.45) is 6.75. The molecule has 0 bridgehead atoms. The summed E-state index contributed by atoms with van der Waals surface area (Å²) < 4.78 is 0. The standard InChI is InChI=1S/C15H22N2OS/c1-10-9-11(16)3-8-14(10)15(18)17-12-4-6-13(19-2)7-5-12/h3,8-9,12-13H,4-7,16H2,1-2H3,(H,17,18). The van der Waals surface area contributed by atoms with Crippen molar-refractivity contribution in [1.82, 2.24) is 5.32 Å². The Morgan fingerprint density at radius 1 is 1.32 bits per heavy atom. The minimum atomic E-state index is 0.0325. The van der Waals surface area contributed by atoms with Crippen molar-refractivity contribution >= 4 is 23.4 Å². The van der Waals surface area contributed by atoms with Crippen LogP contribution in [0.2, 0.25) is 0 Å². The number of hydrogen-bond acceptors (Lipinski definition) is 3. The second kappa shape index (κ2) is 6.33. The van der Waals surface area contributed by atoms with Gasteiger partial charge in [0.1, 0.15) is 0 Å². The number of carbonyl (C=O) groups excluding carboxylic acids is 1. The lowest BCUT2D eigenvalue weighted by atomic mass is 9.94. The van der Waals surface area contributed by atoms with Crippen LogP contribution in [-0.2, 0) is 0 Å². The van der Waals surface area contributed by atoms with Gasteiger partial charge in [-0.15, -0.1) is 0 Å². The molecular formula is C15H22N2OS. The molecule has 0 heterocycles. The molecule has 3 nitrogen and oxygen atoms in total. The van der Waals surface area contributed by atoms with E-state index in [1.54, 1.807) is 6.07 Å². The molecule has 0 aromatic heterocycles. The summed E-state index contributed by atoms with van der Waals surface area (Å²) in [4.78, 5) is 12.2. The zero-order valence-electron chi connectivity index (χ0n) is 11.6. The van der Waals surface area contributed by atoms with Gasteiger partial charge in [0.15, 0.2) is 0 Å². The third-order valence-corrected chi connectivity index (χ3v) is 4.98. The first-order valence-corrected chi connectivity index (χ1v) is 8.08. The summed E-state index contributed by atoms with van der Waals surface area (Å²) in [5.41, 5.74) is 8.09. The third kappa shape index (κ3) is 3.66. The minimum Gasteiger partial charge on any atom is -0.399 e. The number of nitrogens with two attached hydrogens (primary N) is 1. The van der Waals surface area contributed by atoms with Gasteiger partial charge >= 0.3 is 0 Å². The SMILES string of the molecule is CSC1CCC(NC(=O)c2ccc(N)cc2C)CC1. The van der Waals surface area contributed by atoms with Crippen LogP contribution in [-0.4, -0.2) is 23.5 Å². The molecule has 1 aliphatic rings. The van der Waals surface area contributed by atoms with Crippen molar-refractivity contribution in [3.05, 3.63) is 29.3 Å². The van der Waals surface area contributed by atoms with Gasteiger partial charge in [-0.05, 0) is 62.6 Å². The van der Waals surface area contributed by atoms with Gasteiger partial charge in [0.25, 0.3) is 5.91 Å². The maximum absolute atomic E-state index is 12.2. The van der Waals surface area contributed by atoms with Crippen LogP contribution in [0, 0.1) is 6.92 Å². The quantitative estimate of drug-likeness (QED) is 0.836. The number of thioether (sulfide) groups is 1. The third-order valence-electron chi connectivity index (χ3n) is 3.84. The van der Waals surface area contributed by atoms with Gasteiger partial charge < -0.3 is 11.1 Å². The fraction of sp³-hybridized carbons (Fsp3) is 0.533. The summed E-state index contributed by atoms with van der Waals surface area (Å²) in [6.45, 7) is 1.93. The number of hydrogen-bond donors (Lipinski definition) is 2. The normalized spacial score (nSPS) is 23.1. The predicted octanol–water partition coefficient (Wildman–Crippen LogP) is 2.98. The van der Waals surface area contributed by atoms with Crippen molar-refractivity contribution in [2.75, 3.05) is 12.0 Å². The molecule has 1 aromatic rings. The van der Waals surface area contributed by atoms with Gasteiger partial charge in [0, 0.05) is 22.5 Å². The molecule has 0 aliphatic heterocycles. The summed E-state index contributed by atoms with van der Waals surface area (Å²) in [7, 11) is 0. The van der Waals surface area contributed by atoms with E-state index >= 15 is 0 Å². The molecule has 4 heteroatoms. The first-order valence-electron chi connectivity index (χ1n) is 6.80. The molecule has 1 aliphatic carbocycles. The van der Waals surface area contributed by atoms with Crippen LogP contribution in [0.3, 0.4) is 0 Å². The Morgan fingerprint density at radius 3 is 2.58 bits per heavy atom. The van der Waals surface area contributed by atoms with E-state index in [9.17, 15) is 4.79 Å². The molecule has 1 amide bonds. The Labute approximate surface area is 119 Å². The Morgan fingerprint density at radius 2 is 2.00 bits per heavy atom. The van der Waals surface area contributed by atoms with Crippen molar-refractivity contribution < 1.29 is 4.79 Å². The van der Waals surface area contributed by atoms with Crippen LogP contribution in [0.25, 0.3) is 0 Å². The molecule has 3 N–H and O–H groups in total. The van der Waals surface area contributed by atoms with E-state index in [1.165, 1.54) is 12.8 Å². The smallest absolute Gasteiger partial charge is 0.251 e. The average molecular weight is 278 g/mol. The highest BCUT2D eigenvalue weighted by Crippen LogP contribution is 2.27. The van der Waals surface area contributed by atoms with E-state index < -0.39 is 0 Å². The van der Waals surface area contributed by atoms with E-state index in [0.717, 1.165) is 29.2 Å². The molecule has 0 unspecified atom stereocenters. The number of nitrogens with one attached hydrogen (secondary N) is 1. The lowest BCUT2D eigenvalue weighted by molar-refractivity contribution is 0.0927. The molecule has 2 rings (SSSR count). The zero-order chi connectivity index (χ0) is 13.8. The van der Waals surface area contributed by atoms with Gasteiger partial charge in [0.05, 0.1) is 0 Å². The topological polar surface area (TPSA) is 55.1 Å². The van der Waals surface area contributed by atoms with E-state index in [0.29, 0.717) is 11.7 Å². The summed E-state index contributed by atoms with van der Waals surface area (Å²) >= 11 is 1.94. The van der Waals surface area contributed by atoms with Gasteiger partial charge in [0.2, 0.25) is 0 Å². The van der Waals surface area contributed by atoms with E-state index in [4.69, 9.17) is 5.73 Å². The first kappa shape index (κ1) is 14.3. The fourth-order valence-electron chi connectivity index (χ4n) is 2.65. The molecule has 1 aromatic carbocycles. The Kier molecular flexibility index (Phi) is 4.75. The number of anilines is 1. The Bertz CT molecular complexity index is 453. The first-order chi connectivity index (χ1) is 9.10. The van der Waals surface area contributed by atoms with Crippen molar-refractivity contribution in [3.63, 3.8) is 0 Å². The van der Waals surface area contributed by atoms with Crippen molar-refractivity contribution in [2.24, 2.45) is 0 Å². The van der Waals surface area contributed by atoms with Crippen LogP contribution in [0.5, 0.6) is 0 Å². The molecule has 1 saturated carbocycles. The van der Waals surface area contributed by atoms with Gasteiger partial charge in [-0.25, -0.2) is 0 Å². The number of rotatable bonds is 3. The second-order valence-electron chi connectivity index (χ2n) is 5.26. The Balaban J connectivity index is 1.94. The molecule has 19 heavy (non-hydrogen) atoms. The summed E-state index contributed by atoms with van der Waals surface area (Å²) in [5, 5.41) is 3.92. The van der Waals surface area contributed by atoms with Crippen LogP contribution < -0.4 is 11.1 Å². The highest BCUT2D eigenvalue weighted by atomic mass is 32.2. The highest BCUT2D eigenvalue weighted by Gasteiger charge is 2.22. The maximum Gasteiger partial charge on any atom is 0.251 e. The van der Waals surface area contributed by atoms with Crippen molar-refractivity contribution in [1.29, 1.82) is 0 Å². The molecule has 0 radical (unpaired) electrons. The predicted molar refractivity (Wildman–Crippen MR) is 82.6 cm³/mol. The van der Waals surface area contributed by atoms with E-state index in [-0.39, 0.29) is 5.91 Å². The van der Waals surface area contributed by atoms with Crippen LogP contribution in [0.4, 0.5) is 5.69 Å². The number of aryl methyl sites for hydroxylation is 1. The van der Waals surface area contributed by atoms with Crippen molar-refractivity contribution in [3.8, 4) is 0 Å². The van der Waals surface area contributed by atoms with Crippen molar-refractivity contribution in [2.45, 2.75) is 43.9 Å². The minimum absolute atomic E-state index is 0.0325. The lowest BCUT2D eigenvalue weighted by Gasteiger charge is -2.28. The fourth-order valence-corrected chi connectivity index (χ4v) is 3.39. The van der Waals surface area contributed by atoms with Crippen LogP contribution in [0.1, 0.15) is 41.6 Å². The lowest BCUT2D eigenvalue weighted by Crippen LogP contribution is -2.38. The van der Waals surface area contributed by atoms with Gasteiger partial charge in [-0.1, -0.05) is 0 Å². The van der Waals surface area contributed by atoms with E-state index in [1.807, 2.05) is 30.8 Å². The Hall–Kier alpha value is -1.16. The molecular weight excluding hydrogens is 256 g/mol. The van der Waals surface area contributed by atoms with Gasteiger partial charge in [-0.2, -0.15) is 11.8 Å². The van der Waals surface area contributed by atoms with E-state index in [2.05, 4.69) is 11.6 Å². The summed E-state index contributed by atoms with van der Waals surface area (Å²) in [6, 6.07) is 5.77. The number of nitrogen functional groups attached to an aromatic ring is 1. The van der Waals surface area contributed by atoms with Crippen LogP contribution in [0.15, 0.2) is 18.2 Å². The second-order valence-corrected chi connectivity index (χ2v) is 6.40. The monoisotopic (exact) mass is 278 g/mol. The molecule has 1 fully saturated rings. The number of carbonyl (C=O) groups is 1. The molecule has 104 valence electrons. The molecule has 0 atom stereocenters. The summed E-state index contributed by atoms with van der Waals surface area (Å²) in [5.74, 6) is 0.0325. The largest absolute Gasteiger partial charge is 0.399 e.